The lowest BCUT2D eigenvalue weighted by Gasteiger charge is -2.23. The average molecular weight is 338 g/mol. The Morgan fingerprint density at radius 3 is 2.12 bits per heavy atom. The zero-order chi connectivity index (χ0) is 18.9. The van der Waals surface area contributed by atoms with Crippen LogP contribution >= 0.6 is 0 Å². The highest BCUT2D eigenvalue weighted by Gasteiger charge is 2.20. The summed E-state index contributed by atoms with van der Waals surface area (Å²) in [5.41, 5.74) is 6.83. The number of carbonyl (C=O) groups excluding carboxylic acids is 1. The van der Waals surface area contributed by atoms with E-state index < -0.39 is 0 Å². The van der Waals surface area contributed by atoms with Crippen LogP contribution in [0.25, 0.3) is 0 Å². The molecule has 0 saturated carbocycles. The molecule has 0 heterocycles. The monoisotopic (exact) mass is 338 g/mol. The molecule has 0 aromatic heterocycles. The number of aryl methyl sites for hydroxylation is 3. The summed E-state index contributed by atoms with van der Waals surface area (Å²) in [6.07, 6.45) is 0. The first kappa shape index (κ1) is 19.2. The number of carbonyl (C=O) groups is 1. The first-order chi connectivity index (χ1) is 11.5. The maximum Gasteiger partial charge on any atom is 0.193 e. The molecular weight excluding hydrogens is 308 g/mol. The molecule has 2 aromatic rings. The third-order valence-corrected chi connectivity index (χ3v) is 4.56. The Morgan fingerprint density at radius 2 is 1.52 bits per heavy atom. The Hall–Kier alpha value is -2.09. The van der Waals surface area contributed by atoms with Gasteiger partial charge in [-0.1, -0.05) is 38.5 Å². The van der Waals surface area contributed by atoms with Crippen molar-refractivity contribution in [2.75, 3.05) is 6.61 Å². The van der Waals surface area contributed by atoms with Gasteiger partial charge in [0.25, 0.3) is 0 Å². The van der Waals surface area contributed by atoms with Gasteiger partial charge in [-0.05, 0) is 74.4 Å². The van der Waals surface area contributed by atoms with Crippen molar-refractivity contribution in [1.29, 1.82) is 0 Å². The summed E-state index contributed by atoms with van der Waals surface area (Å²) in [6, 6.07) is 8.01. The normalized spacial score (nSPS) is 11.5. The molecule has 0 aliphatic carbocycles. The summed E-state index contributed by atoms with van der Waals surface area (Å²) in [5.74, 6) is 0.997. The maximum atomic E-state index is 13.1. The van der Waals surface area contributed by atoms with Crippen LogP contribution in [-0.4, -0.2) is 12.4 Å². The summed E-state index contributed by atoms with van der Waals surface area (Å²) in [7, 11) is 0. The maximum absolute atomic E-state index is 13.1. The second-order valence-corrected chi connectivity index (χ2v) is 8.32. The van der Waals surface area contributed by atoms with E-state index in [1.807, 2.05) is 58.9 Å². The molecule has 0 atom stereocenters. The summed E-state index contributed by atoms with van der Waals surface area (Å²) in [4.78, 5) is 13.1. The minimum absolute atomic E-state index is 0.0901. The van der Waals surface area contributed by atoms with E-state index in [-0.39, 0.29) is 11.2 Å². The number of ether oxygens (including phenoxy) is 1. The first-order valence-corrected chi connectivity index (χ1v) is 8.87. The van der Waals surface area contributed by atoms with E-state index >= 15 is 0 Å². The first-order valence-electron chi connectivity index (χ1n) is 8.87. The van der Waals surface area contributed by atoms with Crippen molar-refractivity contribution in [2.24, 2.45) is 5.41 Å². The molecule has 0 aliphatic heterocycles. The molecule has 134 valence electrons. The Morgan fingerprint density at radius 1 is 0.880 bits per heavy atom. The molecule has 0 amide bonds. The fraction of sp³-hybridized carbons (Fsp3) is 0.435. The molecule has 0 aliphatic rings. The number of hydrogen-bond donors (Lipinski definition) is 0. The zero-order valence-corrected chi connectivity index (χ0v) is 16.8. The highest BCUT2D eigenvalue weighted by molar-refractivity contribution is 6.11. The van der Waals surface area contributed by atoms with Gasteiger partial charge < -0.3 is 4.74 Å². The van der Waals surface area contributed by atoms with Gasteiger partial charge in [0.1, 0.15) is 5.75 Å². The number of ketones is 1. The Kier molecular flexibility index (Phi) is 5.41. The van der Waals surface area contributed by atoms with Gasteiger partial charge in [0, 0.05) is 11.1 Å². The quantitative estimate of drug-likeness (QED) is 0.650. The van der Waals surface area contributed by atoms with Crippen molar-refractivity contribution in [3.8, 4) is 5.75 Å². The predicted octanol–water partition coefficient (Wildman–Crippen LogP) is 5.88. The van der Waals surface area contributed by atoms with E-state index in [2.05, 4.69) is 20.8 Å². The van der Waals surface area contributed by atoms with Gasteiger partial charge in [0.2, 0.25) is 0 Å². The van der Waals surface area contributed by atoms with E-state index in [0.717, 1.165) is 44.7 Å². The molecule has 0 N–H and O–H groups in total. The molecule has 0 fully saturated rings. The zero-order valence-electron chi connectivity index (χ0n) is 16.8. The van der Waals surface area contributed by atoms with Crippen LogP contribution in [0.2, 0.25) is 0 Å². The van der Waals surface area contributed by atoms with Gasteiger partial charge in [-0.3, -0.25) is 4.79 Å². The number of rotatable bonds is 4. The van der Waals surface area contributed by atoms with Crippen LogP contribution in [-0.2, 0) is 0 Å². The van der Waals surface area contributed by atoms with Crippen LogP contribution in [0.4, 0.5) is 0 Å². The largest absolute Gasteiger partial charge is 0.492 e. The Labute approximate surface area is 152 Å². The van der Waals surface area contributed by atoms with Crippen molar-refractivity contribution < 1.29 is 9.53 Å². The van der Waals surface area contributed by atoms with Crippen molar-refractivity contribution in [1.82, 2.24) is 0 Å². The van der Waals surface area contributed by atoms with Crippen molar-refractivity contribution in [2.45, 2.75) is 55.4 Å². The number of hydrogen-bond acceptors (Lipinski definition) is 2. The highest BCUT2D eigenvalue weighted by atomic mass is 16.5. The molecule has 2 nitrogen and oxygen atoms in total. The van der Waals surface area contributed by atoms with Gasteiger partial charge in [-0.25, -0.2) is 0 Å². The van der Waals surface area contributed by atoms with Gasteiger partial charge in [0.05, 0.1) is 6.61 Å². The molecular formula is C23H30O2. The lowest BCUT2D eigenvalue weighted by molar-refractivity contribution is 0.103. The topological polar surface area (TPSA) is 26.3 Å². The molecule has 0 bridgehead atoms. The fourth-order valence-corrected chi connectivity index (χ4v) is 2.93. The highest BCUT2D eigenvalue weighted by Crippen LogP contribution is 2.32. The van der Waals surface area contributed by atoms with Crippen LogP contribution in [0.5, 0.6) is 5.75 Å². The molecule has 0 unspecified atom stereocenters. The molecule has 2 heteroatoms. The van der Waals surface area contributed by atoms with Crippen molar-refractivity contribution in [3.05, 3.63) is 63.2 Å². The summed E-state index contributed by atoms with van der Waals surface area (Å²) >= 11 is 0. The standard InChI is InChI=1S/C23H30O2/c1-14-9-10-15(2)19(11-14)21(24)20-12-16(3)22(18(5)17(20)4)25-13-23(6,7)8/h9-12H,13H2,1-8H3. The molecule has 0 saturated heterocycles. The van der Waals surface area contributed by atoms with Crippen LogP contribution in [0.1, 0.15) is 64.5 Å². The average Bonchev–Trinajstić information content (AvgIpc) is 2.51. The molecule has 0 radical (unpaired) electrons. The summed E-state index contributed by atoms with van der Waals surface area (Å²) in [5, 5.41) is 0. The minimum atomic E-state index is 0.0901. The second-order valence-electron chi connectivity index (χ2n) is 8.32. The van der Waals surface area contributed by atoms with Crippen LogP contribution < -0.4 is 4.74 Å². The lowest BCUT2D eigenvalue weighted by atomic mass is 9.91. The third kappa shape index (κ3) is 4.31. The van der Waals surface area contributed by atoms with Crippen molar-refractivity contribution >= 4 is 5.78 Å². The molecule has 25 heavy (non-hydrogen) atoms. The van der Waals surface area contributed by atoms with E-state index in [1.54, 1.807) is 0 Å². The van der Waals surface area contributed by atoms with E-state index in [4.69, 9.17) is 4.74 Å². The molecule has 0 spiro atoms. The van der Waals surface area contributed by atoms with Crippen LogP contribution in [0.15, 0.2) is 24.3 Å². The van der Waals surface area contributed by atoms with Crippen LogP contribution in [0.3, 0.4) is 0 Å². The Balaban J connectivity index is 2.47. The lowest BCUT2D eigenvalue weighted by Crippen LogP contribution is -2.18. The predicted molar refractivity (Wildman–Crippen MR) is 105 cm³/mol. The van der Waals surface area contributed by atoms with Gasteiger partial charge in [-0.2, -0.15) is 0 Å². The number of benzene rings is 2. The van der Waals surface area contributed by atoms with E-state index in [1.165, 1.54) is 0 Å². The SMILES string of the molecule is Cc1ccc(C)c(C(=O)c2cc(C)c(OCC(C)(C)C)c(C)c2C)c1. The van der Waals surface area contributed by atoms with E-state index in [9.17, 15) is 4.79 Å². The minimum Gasteiger partial charge on any atom is -0.492 e. The fourth-order valence-electron chi connectivity index (χ4n) is 2.93. The Bertz CT molecular complexity index is 808. The molecule has 2 rings (SSSR count). The second kappa shape index (κ2) is 7.03. The van der Waals surface area contributed by atoms with Crippen molar-refractivity contribution in [3.63, 3.8) is 0 Å². The third-order valence-electron chi connectivity index (χ3n) is 4.56. The van der Waals surface area contributed by atoms with Crippen LogP contribution in [0, 0.1) is 40.0 Å². The summed E-state index contributed by atoms with van der Waals surface area (Å²) < 4.78 is 6.08. The van der Waals surface area contributed by atoms with Gasteiger partial charge in [0.15, 0.2) is 5.78 Å². The van der Waals surface area contributed by atoms with E-state index in [0.29, 0.717) is 6.61 Å². The smallest absolute Gasteiger partial charge is 0.193 e. The van der Waals surface area contributed by atoms with Gasteiger partial charge >= 0.3 is 0 Å². The van der Waals surface area contributed by atoms with Gasteiger partial charge in [-0.15, -0.1) is 0 Å². The molecule has 2 aromatic carbocycles. The summed E-state index contributed by atoms with van der Waals surface area (Å²) in [6.45, 7) is 17.2.